The van der Waals surface area contributed by atoms with E-state index in [9.17, 15) is 0 Å². The maximum Gasteiger partial charge on any atom is 0.191 e. The van der Waals surface area contributed by atoms with Gasteiger partial charge in [-0.2, -0.15) is 0 Å². The second kappa shape index (κ2) is 10.9. The summed E-state index contributed by atoms with van der Waals surface area (Å²) < 4.78 is 7.14. The molecule has 1 atom stereocenters. The van der Waals surface area contributed by atoms with Gasteiger partial charge in [-0.25, -0.2) is 4.99 Å². The molecular formula is C21H33N7O. The molecule has 0 aliphatic carbocycles. The van der Waals surface area contributed by atoms with E-state index in [4.69, 9.17) is 9.73 Å². The summed E-state index contributed by atoms with van der Waals surface area (Å²) in [5.74, 6) is 2.49. The van der Waals surface area contributed by atoms with E-state index in [1.54, 1.807) is 7.11 Å². The minimum absolute atomic E-state index is 0.324. The van der Waals surface area contributed by atoms with E-state index in [1.165, 1.54) is 18.4 Å². The molecule has 0 saturated carbocycles. The zero-order valence-electron chi connectivity index (χ0n) is 17.8. The standard InChI is InChI=1S/C21H33N7O/c1-17-25-26-20(27(17)2)16-24-21(22-11-14-29-3)23-15-19(28-12-7-8-13-28)18-9-5-4-6-10-18/h4-6,9-10,19H,7-8,11-16H2,1-3H3,(H2,22,23,24). The van der Waals surface area contributed by atoms with E-state index < -0.39 is 0 Å². The zero-order chi connectivity index (χ0) is 20.5. The number of hydrogen-bond donors (Lipinski definition) is 2. The molecule has 8 heteroatoms. The quantitative estimate of drug-likeness (QED) is 0.379. The van der Waals surface area contributed by atoms with Crippen molar-refractivity contribution in [2.45, 2.75) is 32.4 Å². The summed E-state index contributed by atoms with van der Waals surface area (Å²) in [5, 5.41) is 15.2. The van der Waals surface area contributed by atoms with Crippen molar-refractivity contribution in [2.75, 3.05) is 39.9 Å². The van der Waals surface area contributed by atoms with Gasteiger partial charge in [0.1, 0.15) is 12.4 Å². The van der Waals surface area contributed by atoms with Gasteiger partial charge in [0.2, 0.25) is 0 Å². The Morgan fingerprint density at radius 2 is 1.93 bits per heavy atom. The molecule has 1 aliphatic heterocycles. The second-order valence-corrected chi connectivity index (χ2v) is 7.36. The summed E-state index contributed by atoms with van der Waals surface area (Å²) in [6, 6.07) is 11.0. The number of rotatable bonds is 9. The molecule has 1 saturated heterocycles. The number of likely N-dealkylation sites (tertiary alicyclic amines) is 1. The highest BCUT2D eigenvalue weighted by Gasteiger charge is 2.23. The Morgan fingerprint density at radius 1 is 1.17 bits per heavy atom. The number of aromatic nitrogens is 3. The lowest BCUT2D eigenvalue weighted by molar-refractivity contribution is 0.203. The fourth-order valence-electron chi connectivity index (χ4n) is 3.56. The molecule has 1 aromatic carbocycles. The van der Waals surface area contributed by atoms with Gasteiger partial charge in [-0.05, 0) is 38.4 Å². The molecule has 158 valence electrons. The monoisotopic (exact) mass is 399 g/mol. The molecule has 1 unspecified atom stereocenters. The Morgan fingerprint density at radius 3 is 2.59 bits per heavy atom. The van der Waals surface area contributed by atoms with Crippen molar-refractivity contribution < 1.29 is 4.74 Å². The first-order chi connectivity index (χ1) is 14.2. The van der Waals surface area contributed by atoms with Crippen molar-refractivity contribution in [3.05, 3.63) is 47.5 Å². The lowest BCUT2D eigenvalue weighted by Gasteiger charge is -2.29. The number of aryl methyl sites for hydroxylation is 1. The molecule has 1 aliphatic rings. The van der Waals surface area contributed by atoms with E-state index in [0.717, 1.165) is 37.2 Å². The van der Waals surface area contributed by atoms with Crippen LogP contribution in [0.5, 0.6) is 0 Å². The molecule has 2 aromatic rings. The number of nitrogens with one attached hydrogen (secondary N) is 2. The van der Waals surface area contributed by atoms with Crippen LogP contribution in [-0.2, 0) is 18.3 Å². The number of ether oxygens (including phenoxy) is 1. The first kappa shape index (κ1) is 21.3. The number of methoxy groups -OCH3 is 1. The molecule has 1 aromatic heterocycles. The van der Waals surface area contributed by atoms with Crippen molar-refractivity contribution in [3.63, 3.8) is 0 Å². The van der Waals surface area contributed by atoms with E-state index in [2.05, 4.69) is 56.1 Å². The van der Waals surface area contributed by atoms with E-state index in [0.29, 0.717) is 25.7 Å². The lowest BCUT2D eigenvalue weighted by Crippen LogP contribution is -2.43. The minimum Gasteiger partial charge on any atom is -0.383 e. The molecule has 0 bridgehead atoms. The Balaban J connectivity index is 1.69. The van der Waals surface area contributed by atoms with E-state index in [1.807, 2.05) is 18.5 Å². The van der Waals surface area contributed by atoms with E-state index in [-0.39, 0.29) is 0 Å². The van der Waals surface area contributed by atoms with Crippen LogP contribution in [0.3, 0.4) is 0 Å². The van der Waals surface area contributed by atoms with Gasteiger partial charge in [-0.15, -0.1) is 10.2 Å². The average Bonchev–Trinajstić information content (AvgIpc) is 3.38. The number of benzene rings is 1. The molecule has 3 rings (SSSR count). The van der Waals surface area contributed by atoms with Crippen molar-refractivity contribution in [2.24, 2.45) is 12.0 Å². The highest BCUT2D eigenvalue weighted by Crippen LogP contribution is 2.24. The Bertz CT molecular complexity index is 769. The molecule has 0 amide bonds. The number of hydrogen-bond acceptors (Lipinski definition) is 5. The van der Waals surface area contributed by atoms with Crippen LogP contribution in [0.2, 0.25) is 0 Å². The Labute approximate surface area is 173 Å². The molecule has 2 heterocycles. The van der Waals surface area contributed by atoms with Crippen LogP contribution in [0.15, 0.2) is 35.3 Å². The topological polar surface area (TPSA) is 79.6 Å². The van der Waals surface area contributed by atoms with Crippen LogP contribution in [0, 0.1) is 6.92 Å². The molecular weight excluding hydrogens is 366 g/mol. The average molecular weight is 400 g/mol. The van der Waals surface area contributed by atoms with Gasteiger partial charge in [-0.1, -0.05) is 30.3 Å². The normalized spacial score (nSPS) is 16.2. The summed E-state index contributed by atoms with van der Waals surface area (Å²) >= 11 is 0. The van der Waals surface area contributed by atoms with Crippen LogP contribution in [-0.4, -0.2) is 65.5 Å². The van der Waals surface area contributed by atoms with Gasteiger partial charge >= 0.3 is 0 Å². The van der Waals surface area contributed by atoms with Gasteiger partial charge in [-0.3, -0.25) is 4.90 Å². The Kier molecular flexibility index (Phi) is 8.01. The predicted molar refractivity (Wildman–Crippen MR) is 115 cm³/mol. The largest absolute Gasteiger partial charge is 0.383 e. The van der Waals surface area contributed by atoms with Crippen molar-refractivity contribution in [3.8, 4) is 0 Å². The summed E-state index contributed by atoms with van der Waals surface area (Å²) in [5.41, 5.74) is 1.34. The van der Waals surface area contributed by atoms with Gasteiger partial charge < -0.3 is 19.9 Å². The lowest BCUT2D eigenvalue weighted by atomic mass is 10.1. The Hall–Kier alpha value is -2.45. The van der Waals surface area contributed by atoms with Crippen LogP contribution in [0.1, 0.15) is 36.1 Å². The molecule has 29 heavy (non-hydrogen) atoms. The number of guanidine groups is 1. The molecule has 8 nitrogen and oxygen atoms in total. The summed E-state index contributed by atoms with van der Waals surface area (Å²) in [6.45, 7) is 6.81. The zero-order valence-corrected chi connectivity index (χ0v) is 17.8. The SMILES string of the molecule is COCCNC(=NCc1nnc(C)n1C)NCC(c1ccccc1)N1CCCC1. The van der Waals surface area contributed by atoms with Gasteiger partial charge in [0.25, 0.3) is 0 Å². The molecule has 0 spiro atoms. The maximum atomic E-state index is 5.17. The molecule has 2 N–H and O–H groups in total. The van der Waals surface area contributed by atoms with Crippen LogP contribution < -0.4 is 10.6 Å². The highest BCUT2D eigenvalue weighted by molar-refractivity contribution is 5.79. The third-order valence-corrected chi connectivity index (χ3v) is 5.39. The minimum atomic E-state index is 0.324. The first-order valence-corrected chi connectivity index (χ1v) is 10.3. The first-order valence-electron chi connectivity index (χ1n) is 10.3. The summed E-state index contributed by atoms with van der Waals surface area (Å²) in [7, 11) is 3.66. The molecule has 0 radical (unpaired) electrons. The fraction of sp³-hybridized carbons (Fsp3) is 0.571. The smallest absolute Gasteiger partial charge is 0.191 e. The summed E-state index contributed by atoms with van der Waals surface area (Å²) in [4.78, 5) is 7.29. The van der Waals surface area contributed by atoms with Crippen LogP contribution >= 0.6 is 0 Å². The van der Waals surface area contributed by atoms with E-state index >= 15 is 0 Å². The molecule has 1 fully saturated rings. The van der Waals surface area contributed by atoms with Crippen LogP contribution in [0.4, 0.5) is 0 Å². The third kappa shape index (κ3) is 6.01. The van der Waals surface area contributed by atoms with Crippen molar-refractivity contribution in [1.82, 2.24) is 30.3 Å². The van der Waals surface area contributed by atoms with Gasteiger partial charge in [0.05, 0.1) is 12.6 Å². The highest BCUT2D eigenvalue weighted by atomic mass is 16.5. The van der Waals surface area contributed by atoms with Crippen LogP contribution in [0.25, 0.3) is 0 Å². The number of nitrogens with zero attached hydrogens (tertiary/aromatic N) is 5. The van der Waals surface area contributed by atoms with Crippen molar-refractivity contribution >= 4 is 5.96 Å². The fourth-order valence-corrected chi connectivity index (χ4v) is 3.56. The number of aliphatic imine (C=N–C) groups is 1. The maximum absolute atomic E-state index is 5.17. The van der Waals surface area contributed by atoms with Gasteiger partial charge in [0.15, 0.2) is 11.8 Å². The summed E-state index contributed by atoms with van der Waals surface area (Å²) in [6.07, 6.45) is 2.53. The van der Waals surface area contributed by atoms with Gasteiger partial charge in [0, 0.05) is 27.2 Å². The predicted octanol–water partition coefficient (Wildman–Crippen LogP) is 1.64. The third-order valence-electron chi connectivity index (χ3n) is 5.39. The second-order valence-electron chi connectivity index (χ2n) is 7.36. The van der Waals surface area contributed by atoms with Crippen molar-refractivity contribution in [1.29, 1.82) is 0 Å².